The van der Waals surface area contributed by atoms with Gasteiger partial charge in [0, 0.05) is 37.2 Å². The molecule has 11 aromatic rings. The van der Waals surface area contributed by atoms with Crippen molar-refractivity contribution in [3.8, 4) is 28.3 Å². The zero-order valence-corrected chi connectivity index (χ0v) is 26.9. The number of hydrogen-bond acceptors (Lipinski definition) is 4. The zero-order chi connectivity index (χ0) is 32.1. The summed E-state index contributed by atoms with van der Waals surface area (Å²) in [6.45, 7) is 0. The van der Waals surface area contributed by atoms with Crippen LogP contribution in [0, 0.1) is 0 Å². The monoisotopic (exact) mass is 643 g/mol. The van der Waals surface area contributed by atoms with Crippen LogP contribution < -0.4 is 0 Å². The maximum Gasteiger partial charge on any atom is 0.236 e. The molecule has 5 heteroatoms. The van der Waals surface area contributed by atoms with Gasteiger partial charge in [-0.2, -0.15) is 0 Å². The summed E-state index contributed by atoms with van der Waals surface area (Å²) < 4.78 is 11.3. The van der Waals surface area contributed by atoms with E-state index in [2.05, 4.69) is 132 Å². The van der Waals surface area contributed by atoms with Crippen molar-refractivity contribution in [3.63, 3.8) is 0 Å². The molecule has 0 saturated heterocycles. The molecular weight excluding hydrogens is 619 g/mol. The first kappa shape index (κ1) is 26.7. The molecule has 4 nitrogen and oxygen atoms in total. The molecule has 4 aromatic heterocycles. The van der Waals surface area contributed by atoms with Crippen molar-refractivity contribution in [2.45, 2.75) is 0 Å². The summed E-state index contributed by atoms with van der Waals surface area (Å²) in [5.41, 5.74) is 8.58. The second-order valence-corrected chi connectivity index (χ2v) is 13.6. The Morgan fingerprint density at radius 1 is 0.490 bits per heavy atom. The highest BCUT2D eigenvalue weighted by Crippen LogP contribution is 2.48. The van der Waals surface area contributed by atoms with Crippen molar-refractivity contribution in [2.75, 3.05) is 0 Å². The summed E-state index contributed by atoms with van der Waals surface area (Å²) >= 11 is 1.84. The minimum atomic E-state index is 0.626. The number of fused-ring (bicyclic) bond motifs is 13. The van der Waals surface area contributed by atoms with Gasteiger partial charge in [-0.1, -0.05) is 127 Å². The van der Waals surface area contributed by atoms with Crippen LogP contribution in [0.4, 0.5) is 0 Å². The molecule has 0 radical (unpaired) electrons. The number of thiophene rings is 1. The Kier molecular flexibility index (Phi) is 5.51. The van der Waals surface area contributed by atoms with Gasteiger partial charge in [0.1, 0.15) is 16.8 Å². The predicted molar refractivity (Wildman–Crippen MR) is 205 cm³/mol. The molecule has 0 atom stereocenters. The van der Waals surface area contributed by atoms with Crippen LogP contribution >= 0.6 is 11.3 Å². The van der Waals surface area contributed by atoms with E-state index in [9.17, 15) is 0 Å². The van der Waals surface area contributed by atoms with Gasteiger partial charge in [0.25, 0.3) is 0 Å². The Bertz CT molecular complexity index is 3100. The molecule has 11 rings (SSSR count). The fraction of sp³-hybridized carbons (Fsp3) is 0. The average Bonchev–Trinajstić information content (AvgIpc) is 3.85. The van der Waals surface area contributed by atoms with E-state index in [1.807, 2.05) is 35.6 Å². The fourth-order valence-corrected chi connectivity index (χ4v) is 8.92. The van der Waals surface area contributed by atoms with E-state index in [-0.39, 0.29) is 0 Å². The molecule has 0 fully saturated rings. The molecule has 49 heavy (non-hydrogen) atoms. The topological polar surface area (TPSA) is 43.9 Å². The van der Waals surface area contributed by atoms with Crippen molar-refractivity contribution in [1.29, 1.82) is 0 Å². The number of aromatic nitrogens is 3. The molecule has 0 saturated carbocycles. The molecule has 228 valence electrons. The normalized spacial score (nSPS) is 12.1. The van der Waals surface area contributed by atoms with Gasteiger partial charge in [0.05, 0.1) is 15.7 Å². The molecule has 0 aliphatic carbocycles. The van der Waals surface area contributed by atoms with Gasteiger partial charge in [0.2, 0.25) is 5.95 Å². The smallest absolute Gasteiger partial charge is 0.236 e. The lowest BCUT2D eigenvalue weighted by Crippen LogP contribution is -2.03. The first-order valence-corrected chi connectivity index (χ1v) is 17.2. The van der Waals surface area contributed by atoms with Crippen molar-refractivity contribution in [2.24, 2.45) is 0 Å². The first-order valence-electron chi connectivity index (χ1n) is 16.4. The second-order valence-electron chi connectivity index (χ2n) is 12.5. The Morgan fingerprint density at radius 2 is 1.10 bits per heavy atom. The third-order valence-corrected chi connectivity index (χ3v) is 11.0. The van der Waals surface area contributed by atoms with Crippen molar-refractivity contribution in [1.82, 2.24) is 14.5 Å². The van der Waals surface area contributed by atoms with Gasteiger partial charge >= 0.3 is 0 Å². The van der Waals surface area contributed by atoms with Gasteiger partial charge in [-0.05, 0) is 46.2 Å². The standard InChI is InChI=1S/C44H25N3OS/c1-2-12-26(13-3-1)27-22-24-28(25-23-27)39-42-40(32-17-7-10-20-35(32)48-42)46-44(45-39)47-34-19-9-6-16-31(34)37-29-14-4-5-15-30(29)38-33-18-8-11-21-36(33)49-43(38)41(37)47/h1-25H. The van der Waals surface area contributed by atoms with Gasteiger partial charge in [0.15, 0.2) is 5.58 Å². The summed E-state index contributed by atoms with van der Waals surface area (Å²) in [5.74, 6) is 0.626. The highest BCUT2D eigenvalue weighted by molar-refractivity contribution is 7.27. The van der Waals surface area contributed by atoms with E-state index < -0.39 is 0 Å². The van der Waals surface area contributed by atoms with E-state index >= 15 is 0 Å². The molecule has 4 heterocycles. The largest absolute Gasteiger partial charge is 0.452 e. The SMILES string of the molecule is c1ccc(-c2ccc(-c3nc(-n4c5ccccc5c5c6ccccc6c6c7ccccc7sc6c54)nc4c3oc3ccccc34)cc2)cc1. The van der Waals surface area contributed by atoms with E-state index in [1.54, 1.807) is 0 Å². The van der Waals surface area contributed by atoms with Crippen molar-refractivity contribution in [3.05, 3.63) is 152 Å². The average molecular weight is 644 g/mol. The lowest BCUT2D eigenvalue weighted by atomic mass is 9.99. The number of para-hydroxylation sites is 2. The molecule has 0 spiro atoms. The summed E-state index contributed by atoms with van der Waals surface area (Å²) in [6, 6.07) is 53.4. The Morgan fingerprint density at radius 3 is 1.92 bits per heavy atom. The third-order valence-electron chi connectivity index (χ3n) is 9.82. The van der Waals surface area contributed by atoms with E-state index in [4.69, 9.17) is 14.4 Å². The summed E-state index contributed by atoms with van der Waals surface area (Å²) in [5, 5.41) is 8.42. The Hall–Kier alpha value is -6.30. The van der Waals surface area contributed by atoms with E-state index in [0.29, 0.717) is 11.5 Å². The number of hydrogen-bond donors (Lipinski definition) is 0. The highest BCUT2D eigenvalue weighted by Gasteiger charge is 2.25. The Balaban J connectivity index is 1.29. The maximum absolute atomic E-state index is 6.54. The van der Waals surface area contributed by atoms with E-state index in [1.165, 1.54) is 47.3 Å². The van der Waals surface area contributed by atoms with Gasteiger partial charge in [-0.15, -0.1) is 11.3 Å². The fourth-order valence-electron chi connectivity index (χ4n) is 7.66. The second kappa shape index (κ2) is 10.1. The molecule has 0 amide bonds. The Labute approximate surface area is 284 Å². The minimum Gasteiger partial charge on any atom is -0.452 e. The summed E-state index contributed by atoms with van der Waals surface area (Å²) in [4.78, 5) is 10.8. The quantitative estimate of drug-likeness (QED) is 0.192. The zero-order valence-electron chi connectivity index (χ0n) is 26.1. The molecule has 0 bridgehead atoms. The summed E-state index contributed by atoms with van der Waals surface area (Å²) in [6.07, 6.45) is 0. The van der Waals surface area contributed by atoms with Crippen LogP contribution in [0.5, 0.6) is 0 Å². The molecule has 0 aliphatic heterocycles. The van der Waals surface area contributed by atoms with Gasteiger partial charge < -0.3 is 4.42 Å². The van der Waals surface area contributed by atoms with Crippen LogP contribution in [0.15, 0.2) is 156 Å². The third kappa shape index (κ3) is 3.79. The lowest BCUT2D eigenvalue weighted by molar-refractivity contribution is 0.666. The number of rotatable bonds is 3. The first-order chi connectivity index (χ1) is 24.3. The van der Waals surface area contributed by atoms with Crippen LogP contribution in [0.3, 0.4) is 0 Å². The van der Waals surface area contributed by atoms with Crippen molar-refractivity contribution < 1.29 is 4.42 Å². The summed E-state index contributed by atoms with van der Waals surface area (Å²) in [7, 11) is 0. The van der Waals surface area contributed by atoms with Gasteiger partial charge in [-0.25, -0.2) is 9.97 Å². The van der Waals surface area contributed by atoms with Crippen molar-refractivity contribution >= 4 is 86.2 Å². The predicted octanol–water partition coefficient (Wildman–Crippen LogP) is 12.3. The molecular formula is C44H25N3OS. The van der Waals surface area contributed by atoms with Crippen LogP contribution in [-0.4, -0.2) is 14.5 Å². The van der Waals surface area contributed by atoms with Crippen LogP contribution in [-0.2, 0) is 0 Å². The van der Waals surface area contributed by atoms with Crippen LogP contribution in [0.25, 0.3) is 103 Å². The number of benzene rings is 7. The van der Waals surface area contributed by atoms with Gasteiger partial charge in [-0.3, -0.25) is 4.57 Å². The molecule has 0 unspecified atom stereocenters. The number of furan rings is 1. The molecule has 0 N–H and O–H groups in total. The highest BCUT2D eigenvalue weighted by atomic mass is 32.1. The minimum absolute atomic E-state index is 0.626. The maximum atomic E-state index is 6.54. The lowest BCUT2D eigenvalue weighted by Gasteiger charge is -2.11. The number of nitrogens with zero attached hydrogens (tertiary/aromatic N) is 3. The van der Waals surface area contributed by atoms with Crippen LogP contribution in [0.2, 0.25) is 0 Å². The van der Waals surface area contributed by atoms with Crippen LogP contribution in [0.1, 0.15) is 0 Å². The van der Waals surface area contributed by atoms with E-state index in [0.717, 1.165) is 44.3 Å². The molecule has 7 aromatic carbocycles. The molecule has 0 aliphatic rings.